The molecule has 0 atom stereocenters. The Labute approximate surface area is 62.1 Å². The minimum absolute atomic E-state index is 0.661. The van der Waals surface area contributed by atoms with E-state index in [2.05, 4.69) is 5.14 Å². The van der Waals surface area contributed by atoms with Gasteiger partial charge in [-0.2, -0.15) is 0 Å². The van der Waals surface area contributed by atoms with Crippen molar-refractivity contribution in [3.8, 4) is 0 Å². The average Bonchev–Trinajstić information content (AvgIpc) is 1.59. The van der Waals surface area contributed by atoms with Crippen molar-refractivity contribution in [3.63, 3.8) is 0 Å². The lowest BCUT2D eigenvalue weighted by molar-refractivity contribution is 0.606. The molecule has 0 amide bonds. The number of alkyl halides is 1. The highest BCUT2D eigenvalue weighted by molar-refractivity contribution is 14.1. The fourth-order valence-electron chi connectivity index (χ4n) is 0.170. The summed E-state index contributed by atoms with van der Waals surface area (Å²) in [4.78, 5) is 0. The van der Waals surface area contributed by atoms with Crippen LogP contribution in [0, 0.1) is 0 Å². The Morgan fingerprint density at radius 3 is 2.25 bits per heavy atom. The summed E-state index contributed by atoms with van der Waals surface area (Å²) in [6, 6.07) is 0. The molecule has 0 aromatic rings. The van der Waals surface area contributed by atoms with E-state index in [-0.39, 0.29) is 0 Å². The van der Waals surface area contributed by atoms with Crippen LogP contribution in [0.15, 0.2) is 11.5 Å². The number of rotatable bonds is 2. The molecule has 0 aromatic carbocycles. The number of primary sulfonamides is 1. The van der Waals surface area contributed by atoms with E-state index in [1.807, 2.05) is 22.6 Å². The van der Waals surface area contributed by atoms with E-state index in [0.717, 1.165) is 5.41 Å². The monoisotopic (exact) mass is 247 g/mol. The molecule has 8 heavy (non-hydrogen) atoms. The number of allylic oxidation sites excluding steroid dienone is 1. The van der Waals surface area contributed by atoms with Crippen molar-refractivity contribution in [2.75, 3.05) is 4.43 Å². The highest BCUT2D eigenvalue weighted by atomic mass is 127. The second-order valence-electron chi connectivity index (χ2n) is 1.12. The van der Waals surface area contributed by atoms with Gasteiger partial charge in [-0.15, -0.1) is 0 Å². The second-order valence-corrected chi connectivity index (χ2v) is 3.45. The molecule has 0 spiro atoms. The van der Waals surface area contributed by atoms with Crippen LogP contribution in [0.4, 0.5) is 0 Å². The molecule has 0 rings (SSSR count). The van der Waals surface area contributed by atoms with Gasteiger partial charge >= 0.3 is 0 Å². The Morgan fingerprint density at radius 2 is 2.12 bits per heavy atom. The third-order valence-electron chi connectivity index (χ3n) is 0.375. The van der Waals surface area contributed by atoms with Gasteiger partial charge in [-0.3, -0.25) is 0 Å². The van der Waals surface area contributed by atoms with Gasteiger partial charge in [0.15, 0.2) is 0 Å². The highest BCUT2D eigenvalue weighted by Gasteiger charge is 1.89. The third kappa shape index (κ3) is 6.38. The maximum absolute atomic E-state index is 10.1. The lowest BCUT2D eigenvalue weighted by atomic mass is 10.8. The first-order valence-electron chi connectivity index (χ1n) is 1.81. The van der Waals surface area contributed by atoms with Gasteiger partial charge in [-0.25, -0.2) is 13.6 Å². The molecular weight excluding hydrogens is 241 g/mol. The first-order valence-corrected chi connectivity index (χ1v) is 4.95. The van der Waals surface area contributed by atoms with Crippen LogP contribution in [-0.2, 0) is 10.0 Å². The summed E-state index contributed by atoms with van der Waals surface area (Å²) in [6.07, 6.45) is 1.48. The van der Waals surface area contributed by atoms with Gasteiger partial charge < -0.3 is 0 Å². The van der Waals surface area contributed by atoms with Gasteiger partial charge in [0.2, 0.25) is 10.0 Å². The van der Waals surface area contributed by atoms with Crippen molar-refractivity contribution in [2.45, 2.75) is 0 Å². The quantitative estimate of drug-likeness (QED) is 0.560. The lowest BCUT2D eigenvalue weighted by Crippen LogP contribution is -2.06. The maximum Gasteiger partial charge on any atom is 0.230 e. The number of hydrogen-bond donors (Lipinski definition) is 1. The van der Waals surface area contributed by atoms with Crippen LogP contribution < -0.4 is 5.14 Å². The van der Waals surface area contributed by atoms with Crippen LogP contribution in [0.1, 0.15) is 0 Å². The first-order chi connectivity index (χ1) is 3.56. The maximum atomic E-state index is 10.1. The highest BCUT2D eigenvalue weighted by Crippen LogP contribution is 1.85. The summed E-state index contributed by atoms with van der Waals surface area (Å²) in [5.41, 5.74) is 0. The molecule has 0 aliphatic rings. The largest absolute Gasteiger partial charge is 0.230 e. The Hall–Kier alpha value is 0.380. The molecule has 0 heterocycles. The summed E-state index contributed by atoms with van der Waals surface area (Å²) in [7, 11) is -3.37. The lowest BCUT2D eigenvalue weighted by Gasteiger charge is -1.80. The SMILES string of the molecule is NS(=O)(=O)C=CCI. The number of sulfonamides is 1. The van der Waals surface area contributed by atoms with E-state index in [9.17, 15) is 8.42 Å². The standard InChI is InChI=1S/C3H6INO2S/c4-2-1-3-8(5,6)7/h1,3H,2H2,(H2,5,6,7). The van der Waals surface area contributed by atoms with Crippen molar-refractivity contribution in [1.29, 1.82) is 0 Å². The molecule has 0 aliphatic carbocycles. The minimum atomic E-state index is -3.37. The third-order valence-corrected chi connectivity index (χ3v) is 1.46. The molecule has 3 nitrogen and oxygen atoms in total. The summed E-state index contributed by atoms with van der Waals surface area (Å²) < 4.78 is 20.8. The van der Waals surface area contributed by atoms with E-state index in [1.54, 1.807) is 0 Å². The summed E-state index contributed by atoms with van der Waals surface area (Å²) >= 11 is 2.02. The van der Waals surface area contributed by atoms with E-state index >= 15 is 0 Å². The molecule has 0 saturated heterocycles. The van der Waals surface area contributed by atoms with Crippen LogP contribution in [0.25, 0.3) is 0 Å². The zero-order valence-corrected chi connectivity index (χ0v) is 7.02. The summed E-state index contributed by atoms with van der Waals surface area (Å²) in [6.45, 7) is 0. The zero-order chi connectivity index (χ0) is 6.62. The minimum Gasteiger partial charge on any atom is -0.225 e. The Morgan fingerprint density at radius 1 is 1.62 bits per heavy atom. The second kappa shape index (κ2) is 3.41. The zero-order valence-electron chi connectivity index (χ0n) is 4.04. The van der Waals surface area contributed by atoms with E-state index < -0.39 is 10.0 Å². The topological polar surface area (TPSA) is 60.2 Å². The molecule has 5 heteroatoms. The molecule has 48 valence electrons. The van der Waals surface area contributed by atoms with Crippen molar-refractivity contribution in [2.24, 2.45) is 5.14 Å². The summed E-state index contributed by atoms with van der Waals surface area (Å²) in [5, 5.41) is 5.59. The van der Waals surface area contributed by atoms with Crippen LogP contribution in [-0.4, -0.2) is 12.8 Å². The molecule has 0 bridgehead atoms. The molecule has 2 N–H and O–H groups in total. The van der Waals surface area contributed by atoms with Gasteiger partial charge in [0.1, 0.15) is 0 Å². The van der Waals surface area contributed by atoms with Crippen LogP contribution in [0.5, 0.6) is 0 Å². The van der Waals surface area contributed by atoms with Gasteiger partial charge in [-0.1, -0.05) is 28.7 Å². The summed E-state index contributed by atoms with van der Waals surface area (Å²) in [5.74, 6) is 0. The molecule has 0 saturated carbocycles. The fraction of sp³-hybridized carbons (Fsp3) is 0.333. The number of hydrogen-bond acceptors (Lipinski definition) is 2. The van der Waals surface area contributed by atoms with Crippen LogP contribution in [0.3, 0.4) is 0 Å². The van der Waals surface area contributed by atoms with Crippen molar-refractivity contribution in [1.82, 2.24) is 0 Å². The van der Waals surface area contributed by atoms with E-state index in [1.165, 1.54) is 6.08 Å². The smallest absolute Gasteiger partial charge is 0.225 e. The van der Waals surface area contributed by atoms with Gasteiger partial charge in [-0.05, 0) is 0 Å². The number of halogens is 1. The normalized spacial score (nSPS) is 12.8. The molecule has 0 fully saturated rings. The van der Waals surface area contributed by atoms with Crippen molar-refractivity contribution in [3.05, 3.63) is 11.5 Å². The fourth-order valence-corrected chi connectivity index (χ4v) is 1.13. The van der Waals surface area contributed by atoms with Crippen LogP contribution in [0.2, 0.25) is 0 Å². The molecule has 0 aliphatic heterocycles. The Bertz CT molecular complexity index is 172. The Kier molecular flexibility index (Phi) is 3.58. The predicted octanol–water partition coefficient (Wildman–Crippen LogP) is 0.224. The van der Waals surface area contributed by atoms with Gasteiger partial charge in [0.05, 0.1) is 0 Å². The molecular formula is C3H6INO2S. The van der Waals surface area contributed by atoms with Crippen molar-refractivity contribution >= 4 is 32.6 Å². The van der Waals surface area contributed by atoms with E-state index in [0.29, 0.717) is 4.43 Å². The number of nitrogens with two attached hydrogens (primary N) is 1. The van der Waals surface area contributed by atoms with Gasteiger partial charge in [0, 0.05) is 9.84 Å². The molecule has 0 radical (unpaired) electrons. The van der Waals surface area contributed by atoms with E-state index in [4.69, 9.17) is 0 Å². The van der Waals surface area contributed by atoms with Crippen molar-refractivity contribution < 1.29 is 8.42 Å². The average molecular weight is 247 g/mol. The predicted molar refractivity (Wildman–Crippen MR) is 41.1 cm³/mol. The molecule has 0 aromatic heterocycles. The molecule has 0 unspecified atom stereocenters. The van der Waals surface area contributed by atoms with Gasteiger partial charge in [0.25, 0.3) is 0 Å². The Balaban J connectivity index is 3.92. The first kappa shape index (κ1) is 8.38. The van der Waals surface area contributed by atoms with Crippen LogP contribution >= 0.6 is 22.6 Å².